The van der Waals surface area contributed by atoms with E-state index in [1.54, 1.807) is 0 Å². The Labute approximate surface area is 2150 Å². The summed E-state index contributed by atoms with van der Waals surface area (Å²) < 4.78 is 0. The third kappa shape index (κ3) is 2260. The summed E-state index contributed by atoms with van der Waals surface area (Å²) in [5, 5.41) is 0. The van der Waals surface area contributed by atoms with Gasteiger partial charge >= 0.3 is 2070 Å². The molecular weight excluding hydrogens is 7160 g/mol. The Balaban J connectivity index is 0. The molecule has 0 rings (SSSR count). The van der Waals surface area contributed by atoms with Crippen molar-refractivity contribution in [1.29, 1.82) is 0 Å². The molecule has 0 fully saturated rings. The third-order valence-corrected chi connectivity index (χ3v) is 0. The van der Waals surface area contributed by atoms with Gasteiger partial charge in [0.2, 0.25) is 0 Å². The van der Waals surface area contributed by atoms with E-state index in [0.717, 1.165) is 0 Å². The number of rotatable bonds is 0. The van der Waals surface area contributed by atoms with Gasteiger partial charge in [0, 0.05) is 0 Å². The van der Waals surface area contributed by atoms with Crippen LogP contribution in [0.2, 0.25) is 0 Å². The molecule has 146 heteroatoms. The van der Waals surface area contributed by atoms with Crippen LogP contribution in [-0.2, 0) is 2200 Å². The Morgan fingerprint density at radius 3 is 0.0137 bits per heavy atom. The maximum atomic E-state index is 0. The van der Waals surface area contributed by atoms with Gasteiger partial charge in [-0.1, -0.05) is 0 Å². The van der Waals surface area contributed by atoms with Crippen molar-refractivity contribution in [3.05, 3.63) is 0 Å². The summed E-state index contributed by atoms with van der Waals surface area (Å²) in [6.45, 7) is 0. The molecule has 0 saturated carbocycles. The zero-order chi connectivity index (χ0) is 0. The van der Waals surface area contributed by atoms with E-state index in [4.69, 9.17) is 0 Å². The van der Waals surface area contributed by atoms with Gasteiger partial charge in [-0.15, -0.1) is 0 Å². The zero-order valence-electron chi connectivity index (χ0n) is 53.0. The van der Waals surface area contributed by atoms with Crippen LogP contribution >= 0.6 is 0 Å². The molecule has 25 nitrogen and oxygen atoms in total. The summed E-state index contributed by atoms with van der Waals surface area (Å²) in [6, 6.07) is 0. The van der Waals surface area contributed by atoms with Crippen molar-refractivity contribution in [3.8, 4) is 0 Å². The molecule has 0 amide bonds. The molecule has 0 atom stereocenters. The van der Waals surface area contributed by atoms with Gasteiger partial charge in [0.05, 0.1) is 0 Å². The zero-order valence-corrected chi connectivity index (χ0v) is 187. The van der Waals surface area contributed by atoms with E-state index < -0.39 is 0 Å². The van der Waals surface area contributed by atoms with Gasteiger partial charge in [-0.25, -0.2) is 0 Å². The number of hydrogen-bond acceptors (Lipinski definition) is 0. The summed E-state index contributed by atoms with van der Waals surface area (Å²) in [6.07, 6.45) is 0. The summed E-state index contributed by atoms with van der Waals surface area (Å²) >= 11 is 0. The van der Waals surface area contributed by atoms with Crippen molar-refractivity contribution in [3.63, 3.8) is 0 Å². The Bertz CT molecular complexity index is 96.4. The number of hydrogen-bond donors (Lipinski definition) is 0. The average Bonchev–Trinajstić information content (AvgIpc) is 0. The van der Waals surface area contributed by atoms with E-state index in [0.29, 0.717) is 0 Å². The van der Waals surface area contributed by atoms with Gasteiger partial charge in [0.25, 0.3) is 0 Å². The fraction of sp³-hybridized carbons (Fsp3) is 0. The summed E-state index contributed by atoms with van der Waals surface area (Å²) in [5.74, 6) is 0. The van der Waals surface area contributed by atoms with E-state index in [-0.39, 0.29) is 2200 Å². The molecule has 121 radical (unpaired) electrons. The van der Waals surface area contributed by atoms with Crippen LogP contribution in [0.25, 0.3) is 0 Å². The van der Waals surface area contributed by atoms with Crippen LogP contribution in [0, 0.1) is 0 Å². The van der Waals surface area contributed by atoms with Crippen molar-refractivity contribution < 1.29 is 2200 Å². The minimum Gasteiger partial charge on any atom is -2.00 e. The van der Waals surface area contributed by atoms with Crippen molar-refractivity contribution in [2.75, 3.05) is 0 Å². The van der Waals surface area contributed by atoms with Gasteiger partial charge in [-0.3, -0.25) is 0 Å². The van der Waals surface area contributed by atoms with Crippen LogP contribution in [0.3, 0.4) is 0 Å². The predicted molar refractivity (Wildman–Crippen MR) is 17.2 cm³/mol. The second-order valence-corrected chi connectivity index (χ2v) is 0. The monoisotopic (exact) mass is 7170 g/mol. The van der Waals surface area contributed by atoms with Gasteiger partial charge in [-0.2, -0.15) is 0 Å². The molecule has 0 saturated heterocycles. The molecule has 0 aliphatic heterocycles. The van der Waals surface area contributed by atoms with Gasteiger partial charge in [-0.05, 0) is 0 Å². The second kappa shape index (κ2) is 2290. The molecule has 0 bridgehead atoms. The van der Waals surface area contributed by atoms with E-state index in [9.17, 15) is 0 Å². The van der Waals surface area contributed by atoms with Crippen LogP contribution in [-0.4, -0.2) is 0 Å². The maximum absolute atomic E-state index is 0. The molecule has 0 heterocycles. The summed E-state index contributed by atoms with van der Waals surface area (Å²) in [5.41, 5.74) is 0. The van der Waals surface area contributed by atoms with Gasteiger partial charge in [0.1, 0.15) is 0 Å². The van der Waals surface area contributed by atoms with Crippen LogP contribution in [0.5, 0.6) is 0 Å². The van der Waals surface area contributed by atoms with E-state index in [1.807, 2.05) is 0 Å². The molecule has 0 N–H and O–H groups in total. The van der Waals surface area contributed by atoms with Crippen molar-refractivity contribution in [2.24, 2.45) is 0 Å². The minimum atomic E-state index is 0. The van der Waals surface area contributed by atoms with Crippen molar-refractivity contribution in [1.82, 2.24) is 0 Å². The molecular formula is Fe121O25+313. The first-order valence-corrected chi connectivity index (χ1v) is 0. The van der Waals surface area contributed by atoms with Crippen molar-refractivity contribution >= 4 is 0 Å². The second-order valence-electron chi connectivity index (χ2n) is 0. The minimum absolute atomic E-state index is 0. The van der Waals surface area contributed by atoms with E-state index in [2.05, 4.69) is 0 Å². The van der Waals surface area contributed by atoms with E-state index >= 15 is 0 Å². The van der Waals surface area contributed by atoms with Crippen LogP contribution in [0.4, 0.5) is 0 Å². The van der Waals surface area contributed by atoms with Crippen LogP contribution < -0.4 is 0 Å². The first-order valence-electron chi connectivity index (χ1n) is 0. The van der Waals surface area contributed by atoms with Gasteiger partial charge in [0.15, 0.2) is 0 Å². The quantitative estimate of drug-likeness (QED) is 0.216. The summed E-state index contributed by atoms with van der Waals surface area (Å²) in [7, 11) is 0. The van der Waals surface area contributed by atoms with E-state index in [1.165, 1.54) is 0 Å². The molecule has 0 aromatic rings. The molecule has 0 aromatic carbocycles. The Kier molecular flexibility index (Phi) is 36500. The third-order valence-electron chi connectivity index (χ3n) is 0. The molecule has 146 heavy (non-hydrogen) atoms. The Morgan fingerprint density at radius 2 is 0.0137 bits per heavy atom. The molecule has 805 valence electrons. The fourth-order valence-corrected chi connectivity index (χ4v) is 0. The molecule has 0 spiro atoms. The predicted octanol–water partition coefficient (Wildman–Crippen LogP) is -3.27. The maximum Gasteiger partial charge on any atom is 3.00 e. The topological polar surface area (TPSA) is 712 Å². The normalized spacial score (nSPS) is 0. The SMILES string of the molecule is [Fe+3].[Fe+3].[Fe+3].[Fe+3].[Fe+3].[Fe+3].[Fe+3].[Fe+3].[Fe+3].[Fe+3].[Fe+3].[Fe+3].[Fe+3].[Fe+3].[Fe+3].[Fe+3].[Fe+3].[Fe+3].[Fe+3].[Fe+3].[Fe+3].[Fe+3].[Fe+3].[Fe+3].[Fe+3].[Fe+3].[Fe+3].[Fe+3].[Fe+3].[Fe+3].[Fe+3].[Fe+3].[Fe+3].[Fe+3].[Fe+3].[Fe+3].[Fe+3].[Fe+3].[Fe+3].[Fe+3].[Fe+3].[Fe+3].[Fe+3].[Fe+3].[Fe+3].[Fe+3].[Fe+3].[Fe+3].[Fe+3].[Fe+3].[Fe+3].[Fe+3].[Fe+3].[Fe+3].[Fe+3].[Fe+3].[Fe+3].[Fe+3].[Fe+3].[Fe+3].[Fe+3].[Fe+3].[Fe+3].[Fe+3].[Fe+3].[Fe+3].[Fe+3].[Fe+3].[Fe+3].[Fe+3].[Fe+3].[Fe+3].[Fe+3].[Fe+3].[Fe+3].[Fe+3].[Fe+3].[Fe+3].[Fe+3].[Fe+3].[Fe+3].[Fe+3].[Fe+3].[Fe+3].[Fe+3].[Fe+3].[Fe+3].[Fe+3].[Fe+3].[Fe+3].[Fe+3].[Fe+3].[Fe+3].[Fe+3].[Fe+3].[Fe+3].[Fe+3].[Fe+3].[Fe+3].[Fe+3].[Fe+3].[Fe+3].[Fe+3].[Fe+3].[Fe+3].[Fe+3].[Fe+3].[Fe+3].[Fe+3].[Fe+3].[Fe+3].[Fe+3].[Fe+3].[Fe+3].[Fe+3].[Fe+3].[Fe+3].[Fe+3].[Fe+3].[Fe+3].[Fe+3].[O-2].[O-2].[O-2].[O-2].[O-2].[O-2].[O-2].[O-2].[O-2].[O-2].[O-2].[O-2].[O-2].[O-2].[O-2].[O-2].[O-2].[O-2].[O-2].[O-2].[O-2].[O-2].[O-2].[O-2].[O-2]. The average molecular weight is 7160 g/mol. The van der Waals surface area contributed by atoms with Crippen LogP contribution in [0.15, 0.2) is 0 Å². The largest absolute Gasteiger partial charge is 3.00 e. The first-order chi connectivity index (χ1) is 0. The Morgan fingerprint density at radius 1 is 0.0137 bits per heavy atom. The molecule has 0 unspecified atom stereocenters. The molecule has 0 aromatic heterocycles. The summed E-state index contributed by atoms with van der Waals surface area (Å²) in [4.78, 5) is 0. The first kappa shape index (κ1) is 2320. The molecule has 0 aliphatic carbocycles. The van der Waals surface area contributed by atoms with Crippen molar-refractivity contribution in [2.45, 2.75) is 0 Å². The molecule has 0 aliphatic rings. The Hall–Kier alpha value is 61.9. The fourth-order valence-electron chi connectivity index (χ4n) is 0. The van der Waals surface area contributed by atoms with Gasteiger partial charge < -0.3 is 137 Å². The standard InChI is InChI=1S/121Fe.25O/q121*+3;25*-2. The van der Waals surface area contributed by atoms with Crippen LogP contribution in [0.1, 0.15) is 0 Å². The smallest absolute Gasteiger partial charge is 2.00 e.